The molecule has 0 saturated carbocycles. The predicted octanol–water partition coefficient (Wildman–Crippen LogP) is 2.34. The van der Waals surface area contributed by atoms with Gasteiger partial charge in [0.2, 0.25) is 0 Å². The summed E-state index contributed by atoms with van der Waals surface area (Å²) in [7, 11) is 3.23. The maximum absolute atomic E-state index is 5.36. The number of ether oxygens (including phenoxy) is 2. The molecule has 2 heterocycles. The molecule has 0 aromatic carbocycles. The second-order valence-corrected chi connectivity index (χ2v) is 4.35. The molecule has 106 valence electrons. The third-order valence-electron chi connectivity index (χ3n) is 3.07. The highest BCUT2D eigenvalue weighted by Gasteiger charge is 2.12. The Balaban J connectivity index is 2.07. The van der Waals surface area contributed by atoms with E-state index < -0.39 is 0 Å². The van der Waals surface area contributed by atoms with Gasteiger partial charge in [0.15, 0.2) is 11.5 Å². The lowest BCUT2D eigenvalue weighted by atomic mass is 10.2. The second-order valence-electron chi connectivity index (χ2n) is 4.35. The lowest BCUT2D eigenvalue weighted by Gasteiger charge is -2.15. The van der Waals surface area contributed by atoms with Crippen molar-refractivity contribution >= 4 is 0 Å². The van der Waals surface area contributed by atoms with Crippen molar-refractivity contribution in [1.29, 1.82) is 0 Å². The van der Waals surface area contributed by atoms with Crippen LogP contribution in [0.1, 0.15) is 24.4 Å². The van der Waals surface area contributed by atoms with E-state index >= 15 is 0 Å². The van der Waals surface area contributed by atoms with Crippen molar-refractivity contribution in [1.82, 2.24) is 15.3 Å². The van der Waals surface area contributed by atoms with E-state index in [4.69, 9.17) is 9.47 Å². The number of methoxy groups -OCH3 is 2. The highest BCUT2D eigenvalue weighted by molar-refractivity contribution is 5.42. The summed E-state index contributed by atoms with van der Waals surface area (Å²) in [6, 6.07) is 7.79. The summed E-state index contributed by atoms with van der Waals surface area (Å²) in [6.07, 6.45) is 3.50. The third-order valence-corrected chi connectivity index (χ3v) is 3.07. The number of nitrogens with one attached hydrogen (secondary N) is 1. The molecule has 0 spiro atoms. The van der Waals surface area contributed by atoms with E-state index in [1.807, 2.05) is 18.2 Å². The second kappa shape index (κ2) is 6.86. The van der Waals surface area contributed by atoms with Crippen molar-refractivity contribution in [2.24, 2.45) is 0 Å². The highest BCUT2D eigenvalue weighted by Crippen LogP contribution is 2.29. The Labute approximate surface area is 119 Å². The van der Waals surface area contributed by atoms with Crippen molar-refractivity contribution in [3.8, 4) is 11.5 Å². The van der Waals surface area contributed by atoms with Gasteiger partial charge in [-0.1, -0.05) is 6.07 Å². The number of hydrogen-bond donors (Lipinski definition) is 1. The van der Waals surface area contributed by atoms with Crippen LogP contribution in [0.3, 0.4) is 0 Å². The quantitative estimate of drug-likeness (QED) is 0.875. The molecule has 2 aromatic heterocycles. The standard InChI is InChI=1S/C15H19N3O2/c1-11(12-6-4-5-8-16-12)18-10-13-15(20-3)14(19-2)7-9-17-13/h4-9,11,18H,10H2,1-3H3/t11-/m1/s1. The van der Waals surface area contributed by atoms with Crippen LogP contribution in [0.5, 0.6) is 11.5 Å². The molecule has 2 aromatic rings. The first kappa shape index (κ1) is 14.3. The molecule has 0 amide bonds. The van der Waals surface area contributed by atoms with Crippen LogP contribution >= 0.6 is 0 Å². The Morgan fingerprint density at radius 2 is 1.95 bits per heavy atom. The molecule has 5 nitrogen and oxygen atoms in total. The monoisotopic (exact) mass is 273 g/mol. The number of pyridine rings is 2. The smallest absolute Gasteiger partial charge is 0.183 e. The van der Waals surface area contributed by atoms with E-state index in [1.165, 1.54) is 0 Å². The van der Waals surface area contributed by atoms with E-state index in [0.29, 0.717) is 18.0 Å². The van der Waals surface area contributed by atoms with Crippen LogP contribution in [0.15, 0.2) is 36.7 Å². The Kier molecular flexibility index (Phi) is 4.90. The minimum atomic E-state index is 0.133. The van der Waals surface area contributed by atoms with Gasteiger partial charge < -0.3 is 14.8 Å². The van der Waals surface area contributed by atoms with Gasteiger partial charge in [0, 0.05) is 31.0 Å². The Morgan fingerprint density at radius 3 is 2.60 bits per heavy atom. The molecule has 2 rings (SSSR count). The Morgan fingerprint density at radius 1 is 1.10 bits per heavy atom. The van der Waals surface area contributed by atoms with Gasteiger partial charge in [0.25, 0.3) is 0 Å². The molecule has 0 saturated heterocycles. The van der Waals surface area contributed by atoms with Gasteiger partial charge in [-0.15, -0.1) is 0 Å². The Hall–Kier alpha value is -2.14. The summed E-state index contributed by atoms with van der Waals surface area (Å²) < 4.78 is 10.6. The molecule has 0 aliphatic rings. The SMILES string of the molecule is COc1ccnc(CN[C@H](C)c2ccccn2)c1OC. The van der Waals surface area contributed by atoms with Gasteiger partial charge in [0.05, 0.1) is 25.6 Å². The molecule has 5 heteroatoms. The minimum absolute atomic E-state index is 0.133. The molecular weight excluding hydrogens is 254 g/mol. The fourth-order valence-electron chi connectivity index (χ4n) is 1.96. The number of nitrogens with zero attached hydrogens (tertiary/aromatic N) is 2. The summed E-state index contributed by atoms with van der Waals surface area (Å²) in [5.41, 5.74) is 1.81. The van der Waals surface area contributed by atoms with Crippen LogP contribution in [0.25, 0.3) is 0 Å². The maximum atomic E-state index is 5.36. The molecule has 0 radical (unpaired) electrons. The zero-order chi connectivity index (χ0) is 14.4. The van der Waals surface area contributed by atoms with Gasteiger partial charge in [-0.3, -0.25) is 9.97 Å². The van der Waals surface area contributed by atoms with Crippen molar-refractivity contribution in [3.05, 3.63) is 48.0 Å². The number of aromatic nitrogens is 2. The largest absolute Gasteiger partial charge is 0.493 e. The van der Waals surface area contributed by atoms with Gasteiger partial charge >= 0.3 is 0 Å². The summed E-state index contributed by atoms with van der Waals surface area (Å²) >= 11 is 0. The normalized spacial score (nSPS) is 11.9. The summed E-state index contributed by atoms with van der Waals surface area (Å²) in [4.78, 5) is 8.66. The third kappa shape index (κ3) is 3.24. The fourth-order valence-corrected chi connectivity index (χ4v) is 1.96. The van der Waals surface area contributed by atoms with Crippen LogP contribution in [0.2, 0.25) is 0 Å². The van der Waals surface area contributed by atoms with Crippen LogP contribution in [0, 0.1) is 0 Å². The van der Waals surface area contributed by atoms with Crippen LogP contribution < -0.4 is 14.8 Å². The average molecular weight is 273 g/mol. The molecule has 0 aliphatic carbocycles. The molecular formula is C15H19N3O2. The summed E-state index contributed by atoms with van der Waals surface area (Å²) in [5, 5.41) is 3.38. The summed E-state index contributed by atoms with van der Waals surface area (Å²) in [6.45, 7) is 2.65. The van der Waals surface area contributed by atoms with E-state index in [-0.39, 0.29) is 6.04 Å². The minimum Gasteiger partial charge on any atom is -0.493 e. The molecule has 0 aliphatic heterocycles. The highest BCUT2D eigenvalue weighted by atomic mass is 16.5. The van der Waals surface area contributed by atoms with Crippen molar-refractivity contribution in [2.75, 3.05) is 14.2 Å². The fraction of sp³-hybridized carbons (Fsp3) is 0.333. The molecule has 0 fully saturated rings. The van der Waals surface area contributed by atoms with Crippen LogP contribution in [0.4, 0.5) is 0 Å². The van der Waals surface area contributed by atoms with Gasteiger partial charge in [-0.2, -0.15) is 0 Å². The first-order chi connectivity index (χ1) is 9.76. The van der Waals surface area contributed by atoms with E-state index in [1.54, 1.807) is 32.7 Å². The molecule has 1 N–H and O–H groups in total. The summed E-state index contributed by atoms with van der Waals surface area (Å²) in [5.74, 6) is 1.35. The maximum Gasteiger partial charge on any atom is 0.183 e. The predicted molar refractivity (Wildman–Crippen MR) is 76.8 cm³/mol. The zero-order valence-corrected chi connectivity index (χ0v) is 12.0. The first-order valence-corrected chi connectivity index (χ1v) is 6.46. The van der Waals surface area contributed by atoms with Gasteiger partial charge in [-0.25, -0.2) is 0 Å². The molecule has 1 atom stereocenters. The van der Waals surface area contributed by atoms with E-state index in [9.17, 15) is 0 Å². The van der Waals surface area contributed by atoms with Crippen LogP contribution in [-0.4, -0.2) is 24.2 Å². The lowest BCUT2D eigenvalue weighted by molar-refractivity contribution is 0.347. The topological polar surface area (TPSA) is 56.3 Å². The van der Waals surface area contributed by atoms with E-state index in [0.717, 1.165) is 11.4 Å². The average Bonchev–Trinajstić information content (AvgIpc) is 2.52. The molecule has 20 heavy (non-hydrogen) atoms. The van der Waals surface area contributed by atoms with Crippen molar-refractivity contribution in [2.45, 2.75) is 19.5 Å². The number of rotatable bonds is 6. The van der Waals surface area contributed by atoms with Crippen LogP contribution in [-0.2, 0) is 6.54 Å². The molecule has 0 unspecified atom stereocenters. The van der Waals surface area contributed by atoms with E-state index in [2.05, 4.69) is 22.2 Å². The van der Waals surface area contributed by atoms with Crippen molar-refractivity contribution in [3.63, 3.8) is 0 Å². The zero-order valence-electron chi connectivity index (χ0n) is 12.0. The molecule has 0 bridgehead atoms. The number of hydrogen-bond acceptors (Lipinski definition) is 5. The Bertz CT molecular complexity index is 546. The van der Waals surface area contributed by atoms with Crippen molar-refractivity contribution < 1.29 is 9.47 Å². The van der Waals surface area contributed by atoms with Gasteiger partial charge in [0.1, 0.15) is 0 Å². The lowest BCUT2D eigenvalue weighted by Crippen LogP contribution is -2.20. The van der Waals surface area contributed by atoms with Gasteiger partial charge in [-0.05, 0) is 19.1 Å². The first-order valence-electron chi connectivity index (χ1n) is 6.46.